The van der Waals surface area contributed by atoms with Crippen molar-refractivity contribution in [1.29, 1.82) is 0 Å². The molecule has 7 nitrogen and oxygen atoms in total. The van der Waals surface area contributed by atoms with Crippen molar-refractivity contribution in [1.82, 2.24) is 10.2 Å². The molecule has 4 aromatic carbocycles. The Kier molecular flexibility index (Phi) is 11.6. The summed E-state index contributed by atoms with van der Waals surface area (Å²) in [5.41, 5.74) is 2.85. The van der Waals surface area contributed by atoms with Crippen LogP contribution in [0.2, 0.25) is 5.02 Å². The van der Waals surface area contributed by atoms with Crippen LogP contribution in [0.3, 0.4) is 0 Å². The third kappa shape index (κ3) is 8.71. The lowest BCUT2D eigenvalue weighted by Gasteiger charge is -2.34. The van der Waals surface area contributed by atoms with Crippen LogP contribution in [0.25, 0.3) is 0 Å². The number of hydrogen-bond acceptors (Lipinski definition) is 4. The molecule has 0 aliphatic rings. The number of aryl methyl sites for hydroxylation is 1. The van der Waals surface area contributed by atoms with Gasteiger partial charge in [0, 0.05) is 24.5 Å². The normalized spacial score (nSPS) is 11.9. The van der Waals surface area contributed by atoms with Crippen molar-refractivity contribution in [3.05, 3.63) is 131 Å². The van der Waals surface area contributed by atoms with Crippen LogP contribution in [0.5, 0.6) is 0 Å². The van der Waals surface area contributed by atoms with Gasteiger partial charge in [-0.15, -0.1) is 0 Å². The first-order chi connectivity index (χ1) is 21.2. The monoisotopic (exact) mass is 631 g/mol. The first-order valence-electron chi connectivity index (χ1n) is 14.7. The Morgan fingerprint density at radius 3 is 2.11 bits per heavy atom. The van der Waals surface area contributed by atoms with Gasteiger partial charge in [0.1, 0.15) is 12.6 Å². The molecule has 1 atom stereocenters. The van der Waals surface area contributed by atoms with Crippen molar-refractivity contribution in [2.75, 3.05) is 17.4 Å². The zero-order valence-corrected chi connectivity index (χ0v) is 26.6. The molecule has 4 aromatic rings. The molecule has 0 unspecified atom stereocenters. The van der Waals surface area contributed by atoms with Crippen LogP contribution in [0.1, 0.15) is 36.5 Å². The van der Waals surface area contributed by atoms with Crippen LogP contribution in [0, 0.1) is 6.92 Å². The van der Waals surface area contributed by atoms with Crippen LogP contribution < -0.4 is 9.62 Å². The number of nitrogens with zero attached hydrogens (tertiary/aromatic N) is 2. The largest absolute Gasteiger partial charge is 0.354 e. The highest BCUT2D eigenvalue weighted by Gasteiger charge is 2.34. The van der Waals surface area contributed by atoms with Crippen LogP contribution in [0.4, 0.5) is 5.69 Å². The molecule has 9 heteroatoms. The minimum absolute atomic E-state index is 0.0608. The predicted octanol–water partition coefficient (Wildman–Crippen LogP) is 6.40. The van der Waals surface area contributed by atoms with Crippen molar-refractivity contribution in [2.45, 2.75) is 50.6 Å². The van der Waals surface area contributed by atoms with Crippen molar-refractivity contribution in [3.63, 3.8) is 0 Å². The molecular formula is C35H38ClN3O4S. The van der Waals surface area contributed by atoms with Gasteiger partial charge >= 0.3 is 0 Å². The molecule has 0 aliphatic carbocycles. The van der Waals surface area contributed by atoms with Crippen molar-refractivity contribution in [2.24, 2.45) is 0 Å². The lowest BCUT2D eigenvalue weighted by molar-refractivity contribution is -0.140. The second kappa shape index (κ2) is 15.5. The number of halogens is 1. The summed E-state index contributed by atoms with van der Waals surface area (Å²) >= 11 is 6.30. The molecule has 0 spiro atoms. The number of sulfonamides is 1. The molecular weight excluding hydrogens is 594 g/mol. The number of carbonyl (C=O) groups excluding carboxylic acids is 2. The number of unbranched alkanes of at least 4 members (excludes halogenated alkanes) is 1. The van der Waals surface area contributed by atoms with Crippen LogP contribution in [0.15, 0.2) is 114 Å². The number of amides is 2. The summed E-state index contributed by atoms with van der Waals surface area (Å²) in [5.74, 6) is -0.818. The molecule has 0 saturated carbocycles. The van der Waals surface area contributed by atoms with Crippen LogP contribution in [-0.4, -0.2) is 44.3 Å². The van der Waals surface area contributed by atoms with E-state index in [1.807, 2.05) is 50.2 Å². The molecule has 1 N–H and O–H groups in total. The molecule has 2 amide bonds. The third-order valence-electron chi connectivity index (χ3n) is 7.27. The summed E-state index contributed by atoms with van der Waals surface area (Å²) in [5, 5.41) is 3.49. The first kappa shape index (κ1) is 32.8. The Morgan fingerprint density at radius 1 is 0.841 bits per heavy atom. The Labute approximate surface area is 265 Å². The summed E-state index contributed by atoms with van der Waals surface area (Å²) < 4.78 is 29.2. The zero-order valence-electron chi connectivity index (χ0n) is 25.0. The fraction of sp³-hybridized carbons (Fsp3) is 0.257. The summed E-state index contributed by atoms with van der Waals surface area (Å²) in [7, 11) is -4.14. The predicted molar refractivity (Wildman–Crippen MR) is 176 cm³/mol. The maximum atomic E-state index is 14.4. The summed E-state index contributed by atoms with van der Waals surface area (Å²) in [6, 6.07) is 30.7. The highest BCUT2D eigenvalue weighted by Crippen LogP contribution is 2.25. The van der Waals surface area contributed by atoms with E-state index in [1.165, 1.54) is 17.0 Å². The molecule has 230 valence electrons. The molecule has 0 aliphatic heterocycles. The van der Waals surface area contributed by atoms with Crippen LogP contribution in [-0.2, 0) is 32.6 Å². The zero-order chi connectivity index (χ0) is 31.5. The Hall–Kier alpha value is -4.14. The number of carbonyl (C=O) groups is 2. The summed E-state index contributed by atoms with van der Waals surface area (Å²) in [6.45, 7) is 3.94. The number of hydrogen-bond donors (Lipinski definition) is 1. The van der Waals surface area contributed by atoms with E-state index in [1.54, 1.807) is 60.7 Å². The highest BCUT2D eigenvalue weighted by atomic mass is 35.5. The molecule has 0 bridgehead atoms. The average molecular weight is 632 g/mol. The van der Waals surface area contributed by atoms with Gasteiger partial charge in [0.25, 0.3) is 10.0 Å². The minimum Gasteiger partial charge on any atom is -0.354 e. The second-order valence-corrected chi connectivity index (χ2v) is 13.0. The van der Waals surface area contributed by atoms with Gasteiger partial charge in [-0.2, -0.15) is 0 Å². The van der Waals surface area contributed by atoms with Gasteiger partial charge in [-0.25, -0.2) is 8.42 Å². The van der Waals surface area contributed by atoms with E-state index in [-0.39, 0.29) is 23.8 Å². The Morgan fingerprint density at radius 2 is 1.48 bits per heavy atom. The van der Waals surface area contributed by atoms with Crippen molar-refractivity contribution >= 4 is 39.1 Å². The number of rotatable bonds is 14. The molecule has 0 aromatic heterocycles. The van der Waals surface area contributed by atoms with Gasteiger partial charge in [-0.1, -0.05) is 103 Å². The maximum Gasteiger partial charge on any atom is 0.264 e. The average Bonchev–Trinajstić information content (AvgIpc) is 3.02. The summed E-state index contributed by atoms with van der Waals surface area (Å²) in [4.78, 5) is 29.7. The first-order valence-corrected chi connectivity index (χ1v) is 16.5. The molecule has 0 fully saturated rings. The molecule has 44 heavy (non-hydrogen) atoms. The van der Waals surface area contributed by atoms with E-state index in [2.05, 4.69) is 5.32 Å². The topological polar surface area (TPSA) is 86.8 Å². The standard InChI is InChI=1S/C35H38ClN3O4S/c1-3-4-22-37-35(41)33(24-28-12-7-5-8-13-28)38(25-29-14-11-15-30(36)23-29)34(40)26-39(31-16-9-6-10-17-31)44(42,43)32-20-18-27(2)19-21-32/h5-21,23,33H,3-4,22,24-26H2,1-2H3,(H,37,41)/t33-/m1/s1. The van der Waals surface area contributed by atoms with Gasteiger partial charge in [0.05, 0.1) is 10.6 Å². The number of anilines is 1. The maximum absolute atomic E-state index is 14.4. The molecule has 0 saturated heterocycles. The fourth-order valence-electron chi connectivity index (χ4n) is 4.85. The highest BCUT2D eigenvalue weighted by molar-refractivity contribution is 7.92. The van der Waals surface area contributed by atoms with Crippen molar-refractivity contribution < 1.29 is 18.0 Å². The number of benzene rings is 4. The van der Waals surface area contributed by atoms with E-state index < -0.39 is 28.5 Å². The lowest BCUT2D eigenvalue weighted by Crippen LogP contribution is -2.53. The SMILES string of the molecule is CCCCNC(=O)[C@@H](Cc1ccccc1)N(Cc1cccc(Cl)c1)C(=O)CN(c1ccccc1)S(=O)(=O)c1ccc(C)cc1. The van der Waals surface area contributed by atoms with Gasteiger partial charge in [0.15, 0.2) is 0 Å². The molecule has 0 heterocycles. The van der Waals surface area contributed by atoms with Crippen molar-refractivity contribution in [3.8, 4) is 0 Å². The lowest BCUT2D eigenvalue weighted by atomic mass is 10.0. The second-order valence-electron chi connectivity index (χ2n) is 10.7. The molecule has 0 radical (unpaired) electrons. The van der Waals surface area contributed by atoms with E-state index in [9.17, 15) is 18.0 Å². The minimum atomic E-state index is -4.14. The smallest absolute Gasteiger partial charge is 0.264 e. The van der Waals surface area contributed by atoms with E-state index in [0.29, 0.717) is 17.3 Å². The van der Waals surface area contributed by atoms with Gasteiger partial charge in [0.2, 0.25) is 11.8 Å². The number of nitrogens with one attached hydrogen (secondary N) is 1. The van der Waals surface area contributed by atoms with Gasteiger partial charge < -0.3 is 10.2 Å². The fourth-order valence-corrected chi connectivity index (χ4v) is 6.48. The number of para-hydroxylation sites is 1. The van der Waals surface area contributed by atoms with E-state index in [0.717, 1.165) is 33.8 Å². The third-order valence-corrected chi connectivity index (χ3v) is 9.30. The van der Waals surface area contributed by atoms with E-state index in [4.69, 9.17) is 11.6 Å². The van der Waals surface area contributed by atoms with Gasteiger partial charge in [-0.05, 0) is 60.9 Å². The Balaban J connectivity index is 1.77. The van der Waals surface area contributed by atoms with Crippen LogP contribution >= 0.6 is 11.6 Å². The molecule has 4 rings (SSSR count). The summed E-state index contributed by atoms with van der Waals surface area (Å²) in [6.07, 6.45) is 1.95. The Bertz CT molecular complexity index is 1630. The quantitative estimate of drug-likeness (QED) is 0.163. The van der Waals surface area contributed by atoms with E-state index >= 15 is 0 Å². The van der Waals surface area contributed by atoms with Gasteiger partial charge in [-0.3, -0.25) is 13.9 Å².